The third-order valence-corrected chi connectivity index (χ3v) is 3.24. The fourth-order valence-electron chi connectivity index (χ4n) is 2.63. The highest BCUT2D eigenvalue weighted by Crippen LogP contribution is 2.23. The number of nitrogens with zero attached hydrogens (tertiary/aromatic N) is 1. The van der Waals surface area contributed by atoms with Crippen LogP contribution >= 0.6 is 0 Å². The monoisotopic (exact) mass is 250 g/mol. The van der Waals surface area contributed by atoms with Crippen LogP contribution in [0.1, 0.15) is 20.3 Å². The summed E-state index contributed by atoms with van der Waals surface area (Å²) in [5.74, 6) is 0.258. The molecule has 98 valence electrons. The van der Waals surface area contributed by atoms with Crippen LogP contribution in [0, 0.1) is 11.7 Å². The summed E-state index contributed by atoms with van der Waals surface area (Å²) < 4.78 is 13.2. The van der Waals surface area contributed by atoms with E-state index in [4.69, 9.17) is 0 Å². The first-order valence-electron chi connectivity index (χ1n) is 6.32. The van der Waals surface area contributed by atoms with Crippen molar-refractivity contribution in [1.29, 1.82) is 0 Å². The third-order valence-electron chi connectivity index (χ3n) is 3.24. The largest absolute Gasteiger partial charge is 0.369 e. The summed E-state index contributed by atoms with van der Waals surface area (Å²) in [6.07, 6.45) is 0.978. The highest BCUT2D eigenvalue weighted by atomic mass is 19.1. The summed E-state index contributed by atoms with van der Waals surface area (Å²) in [6.45, 7) is 5.33. The zero-order chi connectivity index (χ0) is 13.1. The van der Waals surface area contributed by atoms with Gasteiger partial charge < -0.3 is 10.2 Å². The van der Waals surface area contributed by atoms with Crippen LogP contribution in [0.25, 0.3) is 0 Å². The molecule has 3 nitrogen and oxygen atoms in total. The Morgan fingerprint density at radius 1 is 1.44 bits per heavy atom. The number of benzene rings is 1. The first-order chi connectivity index (χ1) is 8.54. The molecule has 1 aliphatic heterocycles. The number of carbonyl (C=O) groups is 1. The van der Waals surface area contributed by atoms with Gasteiger partial charge in [-0.25, -0.2) is 4.39 Å². The van der Waals surface area contributed by atoms with Crippen molar-refractivity contribution in [1.82, 2.24) is 5.32 Å². The van der Waals surface area contributed by atoms with Crippen molar-refractivity contribution in [2.45, 2.75) is 26.3 Å². The molecular formula is C14H19FN2O. The third kappa shape index (κ3) is 3.22. The molecule has 1 heterocycles. The molecule has 0 aromatic heterocycles. The number of halogens is 1. The Morgan fingerprint density at radius 3 is 2.89 bits per heavy atom. The van der Waals surface area contributed by atoms with Gasteiger partial charge in [-0.15, -0.1) is 0 Å². The van der Waals surface area contributed by atoms with Gasteiger partial charge in [0.1, 0.15) is 5.82 Å². The van der Waals surface area contributed by atoms with Crippen LogP contribution in [-0.2, 0) is 4.79 Å². The molecule has 2 atom stereocenters. The lowest BCUT2D eigenvalue weighted by atomic mass is 9.95. The van der Waals surface area contributed by atoms with Crippen LogP contribution in [0.5, 0.6) is 0 Å². The van der Waals surface area contributed by atoms with Gasteiger partial charge in [0.25, 0.3) is 0 Å². The van der Waals surface area contributed by atoms with Gasteiger partial charge >= 0.3 is 0 Å². The molecule has 2 rings (SSSR count). The normalized spacial score (nSPS) is 23.8. The van der Waals surface area contributed by atoms with Crippen LogP contribution in [0.15, 0.2) is 24.3 Å². The summed E-state index contributed by atoms with van der Waals surface area (Å²) in [5.41, 5.74) is 0.886. The van der Waals surface area contributed by atoms with E-state index >= 15 is 0 Å². The molecule has 0 saturated carbocycles. The lowest BCUT2D eigenvalue weighted by Gasteiger charge is -2.38. The van der Waals surface area contributed by atoms with Gasteiger partial charge in [-0.3, -0.25) is 4.79 Å². The van der Waals surface area contributed by atoms with Gasteiger partial charge in [0, 0.05) is 31.7 Å². The molecule has 1 saturated heterocycles. The average Bonchev–Trinajstić information content (AvgIpc) is 2.27. The summed E-state index contributed by atoms with van der Waals surface area (Å²) >= 11 is 0. The summed E-state index contributed by atoms with van der Waals surface area (Å²) in [5, 5.41) is 2.95. The number of hydrogen-bond acceptors (Lipinski definition) is 2. The second-order valence-corrected chi connectivity index (χ2v) is 5.12. The predicted molar refractivity (Wildman–Crippen MR) is 70.0 cm³/mol. The number of anilines is 1. The maximum atomic E-state index is 13.2. The molecule has 0 aliphatic carbocycles. The molecule has 1 N–H and O–H groups in total. The number of piperidine rings is 1. The van der Waals surface area contributed by atoms with Crippen LogP contribution in [-0.4, -0.2) is 25.0 Å². The molecule has 0 radical (unpaired) electrons. The van der Waals surface area contributed by atoms with Gasteiger partial charge in [-0.2, -0.15) is 0 Å². The first kappa shape index (κ1) is 12.9. The molecule has 1 amide bonds. The van der Waals surface area contributed by atoms with Crippen LogP contribution in [0.2, 0.25) is 0 Å². The molecule has 1 fully saturated rings. The van der Waals surface area contributed by atoms with Crippen LogP contribution < -0.4 is 10.2 Å². The van der Waals surface area contributed by atoms with E-state index in [-0.39, 0.29) is 17.8 Å². The fraction of sp³-hybridized carbons (Fsp3) is 0.500. The van der Waals surface area contributed by atoms with Crippen molar-refractivity contribution in [2.24, 2.45) is 5.92 Å². The van der Waals surface area contributed by atoms with E-state index in [0.717, 1.165) is 25.2 Å². The van der Waals surface area contributed by atoms with Gasteiger partial charge in [-0.05, 0) is 30.5 Å². The standard InChI is InChI=1S/C14H19FN2O/c1-10-6-13(16-11(2)18)9-17(8-10)14-5-3-4-12(15)7-14/h3-5,7,10,13H,6,8-9H2,1-2H3,(H,16,18). The Hall–Kier alpha value is -1.58. The number of hydrogen-bond donors (Lipinski definition) is 1. The lowest BCUT2D eigenvalue weighted by molar-refractivity contribution is -0.119. The Kier molecular flexibility index (Phi) is 3.84. The highest BCUT2D eigenvalue weighted by molar-refractivity contribution is 5.73. The van der Waals surface area contributed by atoms with Gasteiger partial charge in [0.2, 0.25) is 5.91 Å². The van der Waals surface area contributed by atoms with Crippen molar-refractivity contribution in [3.8, 4) is 0 Å². The maximum Gasteiger partial charge on any atom is 0.217 e. The average molecular weight is 250 g/mol. The Labute approximate surface area is 107 Å². The SMILES string of the molecule is CC(=O)NC1CC(C)CN(c2cccc(F)c2)C1. The molecule has 0 bridgehead atoms. The number of rotatable bonds is 2. The molecule has 0 spiro atoms. The van der Waals surface area contributed by atoms with Crippen LogP contribution in [0.3, 0.4) is 0 Å². The Balaban J connectivity index is 2.10. The molecule has 1 aromatic carbocycles. The first-order valence-corrected chi connectivity index (χ1v) is 6.32. The Morgan fingerprint density at radius 2 is 2.22 bits per heavy atom. The lowest BCUT2D eigenvalue weighted by Crippen LogP contribution is -2.50. The summed E-state index contributed by atoms with van der Waals surface area (Å²) in [7, 11) is 0. The smallest absolute Gasteiger partial charge is 0.217 e. The zero-order valence-corrected chi connectivity index (χ0v) is 10.8. The van der Waals surface area contributed by atoms with E-state index in [2.05, 4.69) is 17.1 Å². The molecule has 1 aromatic rings. The van der Waals surface area contributed by atoms with Crippen molar-refractivity contribution < 1.29 is 9.18 Å². The van der Waals surface area contributed by atoms with E-state index in [1.54, 1.807) is 12.1 Å². The predicted octanol–water partition coefficient (Wildman–Crippen LogP) is 2.18. The Bertz CT molecular complexity index is 436. The quantitative estimate of drug-likeness (QED) is 0.872. The molecule has 2 unspecified atom stereocenters. The topological polar surface area (TPSA) is 32.3 Å². The zero-order valence-electron chi connectivity index (χ0n) is 10.8. The minimum Gasteiger partial charge on any atom is -0.369 e. The number of carbonyl (C=O) groups excluding carboxylic acids is 1. The van der Waals surface area contributed by atoms with E-state index < -0.39 is 0 Å². The number of nitrogens with one attached hydrogen (secondary N) is 1. The van der Waals surface area contributed by atoms with Gasteiger partial charge in [0.15, 0.2) is 0 Å². The van der Waals surface area contributed by atoms with E-state index in [1.807, 2.05) is 6.07 Å². The van der Waals surface area contributed by atoms with Crippen molar-refractivity contribution in [3.05, 3.63) is 30.1 Å². The van der Waals surface area contributed by atoms with E-state index in [0.29, 0.717) is 5.92 Å². The number of amides is 1. The molecule has 18 heavy (non-hydrogen) atoms. The van der Waals surface area contributed by atoms with E-state index in [9.17, 15) is 9.18 Å². The van der Waals surface area contributed by atoms with Gasteiger partial charge in [-0.1, -0.05) is 13.0 Å². The fourth-order valence-corrected chi connectivity index (χ4v) is 2.63. The van der Waals surface area contributed by atoms with Gasteiger partial charge in [0.05, 0.1) is 0 Å². The molecule has 4 heteroatoms. The second kappa shape index (κ2) is 5.38. The van der Waals surface area contributed by atoms with Crippen molar-refractivity contribution in [3.63, 3.8) is 0 Å². The minimum absolute atomic E-state index is 0.00621. The summed E-state index contributed by atoms with van der Waals surface area (Å²) in [4.78, 5) is 13.3. The highest BCUT2D eigenvalue weighted by Gasteiger charge is 2.25. The van der Waals surface area contributed by atoms with Crippen molar-refractivity contribution >= 4 is 11.6 Å². The minimum atomic E-state index is -0.221. The van der Waals surface area contributed by atoms with Crippen LogP contribution in [0.4, 0.5) is 10.1 Å². The maximum absolute atomic E-state index is 13.2. The van der Waals surface area contributed by atoms with E-state index in [1.165, 1.54) is 13.0 Å². The summed E-state index contributed by atoms with van der Waals surface area (Å²) in [6, 6.07) is 6.77. The van der Waals surface area contributed by atoms with Crippen molar-refractivity contribution in [2.75, 3.05) is 18.0 Å². The second-order valence-electron chi connectivity index (χ2n) is 5.12. The molecular weight excluding hydrogens is 231 g/mol. The molecule has 1 aliphatic rings.